The second-order valence-corrected chi connectivity index (χ2v) is 3.59. The van der Waals surface area contributed by atoms with Gasteiger partial charge in [0.15, 0.2) is 0 Å². The van der Waals surface area contributed by atoms with Crippen LogP contribution < -0.4 is 5.43 Å². The number of allylic oxidation sites excluding steroid dienone is 1. The van der Waals surface area contributed by atoms with E-state index in [9.17, 15) is 0 Å². The maximum atomic E-state index is 3.73. The lowest BCUT2D eigenvalue weighted by atomic mass is 10.3. The van der Waals surface area contributed by atoms with E-state index in [-0.39, 0.29) is 0 Å². The summed E-state index contributed by atoms with van der Waals surface area (Å²) in [5.74, 6) is 0. The molecule has 0 saturated heterocycles. The van der Waals surface area contributed by atoms with Gasteiger partial charge in [-0.15, -0.1) is 6.58 Å². The molecule has 0 aromatic heterocycles. The lowest BCUT2D eigenvalue weighted by Crippen LogP contribution is -2.54. The molecule has 0 radical (unpaired) electrons. The fourth-order valence-electron chi connectivity index (χ4n) is 1.03. The van der Waals surface area contributed by atoms with E-state index in [1.54, 1.807) is 0 Å². The highest BCUT2D eigenvalue weighted by Crippen LogP contribution is 1.95. The number of nitrogens with zero attached hydrogens (tertiary/aromatic N) is 1. The first-order valence-electron chi connectivity index (χ1n) is 4.36. The molecule has 12 heavy (non-hydrogen) atoms. The van der Waals surface area contributed by atoms with E-state index in [1.165, 1.54) is 0 Å². The molecular weight excluding hydrogens is 148 g/mol. The predicted molar refractivity (Wildman–Crippen MR) is 54.6 cm³/mol. The number of rotatable bonds is 5. The molecule has 0 spiro atoms. The van der Waals surface area contributed by atoms with Gasteiger partial charge in [-0.1, -0.05) is 12.2 Å². The molecule has 0 bridgehead atoms. The molecule has 1 unspecified atom stereocenters. The minimum atomic E-state index is 0.352. The summed E-state index contributed by atoms with van der Waals surface area (Å²) in [4.78, 5) is 0. The first-order valence-corrected chi connectivity index (χ1v) is 4.36. The number of likely N-dealkylation sites (N-methyl/N-ethyl adjacent to an activating group) is 1. The monoisotopic (exact) mass is 169 g/mol. The number of hydrogen-bond donors (Lipinski definition) is 1. The molecule has 0 aromatic carbocycles. The average Bonchev–Trinajstić information content (AvgIpc) is 2.00. The van der Waals surface area contributed by atoms with Crippen molar-refractivity contribution in [2.75, 3.05) is 20.6 Å². The quantitative estimate of drug-likeness (QED) is 0.375. The van der Waals surface area contributed by atoms with Crippen LogP contribution in [0, 0.1) is 0 Å². The molecular formula is C10H21N2+. The minimum absolute atomic E-state index is 0.352. The highest BCUT2D eigenvalue weighted by Gasteiger charge is 2.14. The van der Waals surface area contributed by atoms with Crippen molar-refractivity contribution in [3.63, 3.8) is 0 Å². The second kappa shape index (κ2) is 5.12. The van der Waals surface area contributed by atoms with Crippen LogP contribution in [0.1, 0.15) is 13.8 Å². The molecule has 0 heterocycles. The van der Waals surface area contributed by atoms with Gasteiger partial charge in [0.2, 0.25) is 0 Å². The van der Waals surface area contributed by atoms with Crippen LogP contribution in [0.2, 0.25) is 0 Å². The zero-order valence-electron chi connectivity index (χ0n) is 8.67. The first-order chi connectivity index (χ1) is 5.52. The van der Waals surface area contributed by atoms with Gasteiger partial charge in [-0.05, 0) is 19.9 Å². The highest BCUT2D eigenvalue weighted by molar-refractivity contribution is 4.79. The molecule has 0 aliphatic rings. The van der Waals surface area contributed by atoms with Crippen LogP contribution in [0.25, 0.3) is 0 Å². The molecule has 1 N–H and O–H groups in total. The summed E-state index contributed by atoms with van der Waals surface area (Å²) in [5, 5.41) is 0. The molecule has 0 rings (SSSR count). The maximum Gasteiger partial charge on any atom is 0.114 e. The minimum Gasteiger partial charge on any atom is -0.247 e. The summed E-state index contributed by atoms with van der Waals surface area (Å²) in [6, 6.07) is 0.352. The normalized spacial score (nSPS) is 15.0. The van der Waals surface area contributed by atoms with E-state index in [0.29, 0.717) is 6.04 Å². The predicted octanol–water partition coefficient (Wildman–Crippen LogP) is 1.72. The van der Waals surface area contributed by atoms with E-state index in [4.69, 9.17) is 0 Å². The van der Waals surface area contributed by atoms with Crippen molar-refractivity contribution in [1.29, 1.82) is 0 Å². The van der Waals surface area contributed by atoms with Crippen molar-refractivity contribution in [3.05, 3.63) is 24.8 Å². The van der Waals surface area contributed by atoms with Gasteiger partial charge in [0, 0.05) is 0 Å². The third-order valence-electron chi connectivity index (χ3n) is 1.70. The van der Waals surface area contributed by atoms with Gasteiger partial charge in [0.05, 0.1) is 20.1 Å². The van der Waals surface area contributed by atoms with E-state index in [1.807, 2.05) is 13.0 Å². The molecule has 0 aromatic rings. The Kier molecular flexibility index (Phi) is 4.86. The smallest absolute Gasteiger partial charge is 0.114 e. The van der Waals surface area contributed by atoms with E-state index >= 15 is 0 Å². The number of quaternary nitrogens is 1. The van der Waals surface area contributed by atoms with Gasteiger partial charge in [-0.2, -0.15) is 5.43 Å². The third kappa shape index (κ3) is 5.10. The fraction of sp³-hybridized carbons (Fsp3) is 0.600. The molecule has 0 saturated carbocycles. The second-order valence-electron chi connectivity index (χ2n) is 3.59. The first kappa shape index (κ1) is 11.4. The summed E-state index contributed by atoms with van der Waals surface area (Å²) < 4.78 is 0.789. The van der Waals surface area contributed by atoms with E-state index in [0.717, 1.165) is 11.1 Å². The van der Waals surface area contributed by atoms with Crippen molar-refractivity contribution in [3.8, 4) is 0 Å². The Labute approximate surface area is 76.1 Å². The van der Waals surface area contributed by atoms with Gasteiger partial charge in [-0.3, -0.25) is 0 Å². The topological polar surface area (TPSA) is 12.0 Å². The standard InChI is InChI=1S/C10H21N2/c1-6-8-9-12(4,5)11-10(3)7-2/h6-8,10-11H,2,9H2,1,3-5H3/q+1. The van der Waals surface area contributed by atoms with Gasteiger partial charge in [0.1, 0.15) is 6.54 Å². The zero-order valence-corrected chi connectivity index (χ0v) is 8.67. The Bertz CT molecular complexity index is 159. The van der Waals surface area contributed by atoms with Crippen molar-refractivity contribution >= 4 is 0 Å². The van der Waals surface area contributed by atoms with Crippen molar-refractivity contribution in [2.24, 2.45) is 0 Å². The molecule has 70 valence electrons. The largest absolute Gasteiger partial charge is 0.247 e. The summed E-state index contributed by atoms with van der Waals surface area (Å²) in [6.07, 6.45) is 6.14. The van der Waals surface area contributed by atoms with Gasteiger partial charge < -0.3 is 0 Å². The molecule has 2 nitrogen and oxygen atoms in total. The third-order valence-corrected chi connectivity index (χ3v) is 1.70. The van der Waals surface area contributed by atoms with Crippen LogP contribution in [-0.4, -0.2) is 31.3 Å². The number of hydrogen-bond acceptors (Lipinski definition) is 1. The SMILES string of the molecule is C=CC(C)N[N+](C)(C)CC=CC. The fourth-order valence-corrected chi connectivity index (χ4v) is 1.03. The van der Waals surface area contributed by atoms with Crippen molar-refractivity contribution in [1.82, 2.24) is 5.43 Å². The van der Waals surface area contributed by atoms with E-state index in [2.05, 4.69) is 45.2 Å². The molecule has 0 aliphatic carbocycles. The van der Waals surface area contributed by atoms with Crippen LogP contribution in [0.4, 0.5) is 0 Å². The molecule has 0 fully saturated rings. The van der Waals surface area contributed by atoms with Crippen LogP contribution in [0.5, 0.6) is 0 Å². The molecule has 2 heteroatoms. The Morgan fingerprint density at radius 3 is 2.50 bits per heavy atom. The summed E-state index contributed by atoms with van der Waals surface area (Å²) >= 11 is 0. The lowest BCUT2D eigenvalue weighted by Gasteiger charge is -2.30. The molecule has 0 aliphatic heterocycles. The lowest BCUT2D eigenvalue weighted by molar-refractivity contribution is -0.930. The Hall–Kier alpha value is -0.600. The summed E-state index contributed by atoms with van der Waals surface area (Å²) in [7, 11) is 4.28. The van der Waals surface area contributed by atoms with Crippen molar-refractivity contribution in [2.45, 2.75) is 19.9 Å². The van der Waals surface area contributed by atoms with Crippen LogP contribution in [-0.2, 0) is 0 Å². The molecule has 1 atom stereocenters. The number of nitrogens with one attached hydrogen (secondary N) is 1. The van der Waals surface area contributed by atoms with Crippen molar-refractivity contribution < 1.29 is 4.59 Å². The van der Waals surface area contributed by atoms with E-state index < -0.39 is 0 Å². The Balaban J connectivity index is 3.93. The van der Waals surface area contributed by atoms with Crippen LogP contribution >= 0.6 is 0 Å². The maximum absolute atomic E-state index is 3.73. The summed E-state index contributed by atoms with van der Waals surface area (Å²) in [5.41, 5.74) is 3.41. The highest BCUT2D eigenvalue weighted by atomic mass is 15.6. The van der Waals surface area contributed by atoms with Gasteiger partial charge in [0.25, 0.3) is 0 Å². The Morgan fingerprint density at radius 2 is 2.08 bits per heavy atom. The Morgan fingerprint density at radius 1 is 1.50 bits per heavy atom. The van der Waals surface area contributed by atoms with Gasteiger partial charge >= 0.3 is 0 Å². The molecule has 0 amide bonds. The zero-order chi connectivity index (χ0) is 9.61. The van der Waals surface area contributed by atoms with Crippen LogP contribution in [0.3, 0.4) is 0 Å². The van der Waals surface area contributed by atoms with Crippen LogP contribution in [0.15, 0.2) is 24.8 Å². The van der Waals surface area contributed by atoms with Gasteiger partial charge in [-0.25, -0.2) is 4.59 Å². The summed E-state index contributed by atoms with van der Waals surface area (Å²) in [6.45, 7) is 8.87. The average molecular weight is 169 g/mol.